The largest absolute Gasteiger partial charge is 0.310 e. The van der Waals surface area contributed by atoms with Crippen molar-refractivity contribution in [1.82, 2.24) is 0 Å². The number of nitrogens with zero attached hydrogens (tertiary/aromatic N) is 2. The first-order valence-corrected chi connectivity index (χ1v) is 20.0. The van der Waals surface area contributed by atoms with E-state index in [0.717, 1.165) is 38.6 Å². The Labute approximate surface area is 324 Å². The highest BCUT2D eigenvalue weighted by atomic mass is 79.9. The quantitative estimate of drug-likeness (QED) is 0.159. The number of benzene rings is 8. The molecule has 0 aliphatic heterocycles. The van der Waals surface area contributed by atoms with Gasteiger partial charge < -0.3 is 9.80 Å². The lowest BCUT2D eigenvalue weighted by Gasteiger charge is -2.30. The Morgan fingerprint density at radius 3 is 1.28 bits per heavy atom. The number of hydrogen-bond donors (Lipinski definition) is 0. The van der Waals surface area contributed by atoms with Gasteiger partial charge >= 0.3 is 0 Å². The molecular formula is C48H31BrN2S2. The Hall–Kier alpha value is -5.72. The van der Waals surface area contributed by atoms with Gasteiger partial charge in [-0.2, -0.15) is 0 Å². The van der Waals surface area contributed by atoms with Gasteiger partial charge in [0.15, 0.2) is 0 Å². The monoisotopic (exact) mass is 778 g/mol. The van der Waals surface area contributed by atoms with Gasteiger partial charge in [-0.15, -0.1) is 22.7 Å². The van der Waals surface area contributed by atoms with Gasteiger partial charge in [0, 0.05) is 78.9 Å². The summed E-state index contributed by atoms with van der Waals surface area (Å²) in [5.74, 6) is 0. The van der Waals surface area contributed by atoms with Gasteiger partial charge in [-0.3, -0.25) is 0 Å². The van der Waals surface area contributed by atoms with E-state index in [1.165, 1.54) is 51.5 Å². The van der Waals surface area contributed by atoms with Gasteiger partial charge in [0.2, 0.25) is 0 Å². The molecular weight excluding hydrogens is 749 g/mol. The van der Waals surface area contributed by atoms with Gasteiger partial charge in [-0.05, 0) is 102 Å². The molecule has 2 aromatic heterocycles. The number of hydrogen-bond acceptors (Lipinski definition) is 4. The average molecular weight is 780 g/mol. The maximum atomic E-state index is 3.96. The smallest absolute Gasteiger partial charge is 0.0493 e. The number of halogens is 1. The Bertz CT molecular complexity index is 2800. The topological polar surface area (TPSA) is 6.48 Å². The van der Waals surface area contributed by atoms with E-state index in [1.807, 2.05) is 22.7 Å². The molecule has 0 saturated heterocycles. The number of thiophene rings is 2. The van der Waals surface area contributed by atoms with Gasteiger partial charge in [-0.25, -0.2) is 0 Å². The molecule has 0 bridgehead atoms. The molecule has 10 rings (SSSR count). The van der Waals surface area contributed by atoms with Crippen molar-refractivity contribution in [3.63, 3.8) is 0 Å². The van der Waals surface area contributed by atoms with Crippen LogP contribution in [0.15, 0.2) is 193 Å². The van der Waals surface area contributed by atoms with Crippen molar-refractivity contribution >= 4 is 113 Å². The van der Waals surface area contributed by atoms with Crippen LogP contribution in [0.5, 0.6) is 0 Å². The molecule has 0 radical (unpaired) electrons. The third-order valence-electron chi connectivity index (χ3n) is 9.87. The maximum absolute atomic E-state index is 3.96. The lowest BCUT2D eigenvalue weighted by Crippen LogP contribution is -2.13. The van der Waals surface area contributed by atoms with Crippen molar-refractivity contribution in [3.8, 4) is 11.1 Å². The second kappa shape index (κ2) is 13.4. The number of anilines is 6. The van der Waals surface area contributed by atoms with E-state index < -0.39 is 0 Å². The van der Waals surface area contributed by atoms with E-state index in [4.69, 9.17) is 0 Å². The first kappa shape index (κ1) is 32.0. The fraction of sp³-hybridized carbons (Fsp3) is 0. The standard InChI is InChI=1S/C48H31BrN2S2/c49-34-27-39(50(35-13-5-2-6-14-35)36-21-19-33(20-22-36)32-11-3-1-4-12-32)29-40(28-34)51(37-23-25-47-43(30-37)41-15-7-9-17-45(41)52-47)38-24-26-48-44(31-38)42-16-8-10-18-46(42)53-48/h1-31H. The summed E-state index contributed by atoms with van der Waals surface area (Å²) in [4.78, 5) is 4.75. The minimum absolute atomic E-state index is 1.00. The fourth-order valence-corrected chi connectivity index (χ4v) is 10.1. The van der Waals surface area contributed by atoms with Gasteiger partial charge in [0.05, 0.1) is 0 Å². The molecule has 0 aliphatic rings. The van der Waals surface area contributed by atoms with Crippen LogP contribution in [-0.2, 0) is 0 Å². The molecule has 0 N–H and O–H groups in total. The summed E-state index contributed by atoms with van der Waals surface area (Å²) in [5.41, 5.74) is 8.92. The van der Waals surface area contributed by atoms with E-state index in [-0.39, 0.29) is 0 Å². The Kier molecular flexibility index (Phi) is 8.06. The highest BCUT2D eigenvalue weighted by Gasteiger charge is 2.20. The van der Waals surface area contributed by atoms with Gasteiger partial charge in [0.25, 0.3) is 0 Å². The molecule has 0 unspecified atom stereocenters. The van der Waals surface area contributed by atoms with Crippen molar-refractivity contribution in [2.75, 3.05) is 9.80 Å². The molecule has 2 heterocycles. The fourth-order valence-electron chi connectivity index (χ4n) is 7.43. The molecule has 0 amide bonds. The molecule has 10 aromatic rings. The number of fused-ring (bicyclic) bond motifs is 6. The van der Waals surface area contributed by atoms with Crippen LogP contribution < -0.4 is 9.80 Å². The molecule has 53 heavy (non-hydrogen) atoms. The van der Waals surface area contributed by atoms with Crippen LogP contribution in [-0.4, -0.2) is 0 Å². The van der Waals surface area contributed by atoms with Gasteiger partial charge in [-0.1, -0.05) is 113 Å². The summed E-state index contributed by atoms with van der Waals surface area (Å²) in [6.45, 7) is 0. The third-order valence-corrected chi connectivity index (χ3v) is 12.6. The minimum atomic E-state index is 1.00. The molecule has 0 saturated carbocycles. The van der Waals surface area contributed by atoms with E-state index in [9.17, 15) is 0 Å². The normalized spacial score (nSPS) is 11.5. The van der Waals surface area contributed by atoms with Crippen molar-refractivity contribution in [3.05, 3.63) is 193 Å². The second-order valence-corrected chi connectivity index (χ2v) is 16.2. The summed E-state index contributed by atoms with van der Waals surface area (Å²) in [6.07, 6.45) is 0. The van der Waals surface area contributed by atoms with Crippen molar-refractivity contribution in [1.29, 1.82) is 0 Å². The molecule has 5 heteroatoms. The summed E-state index contributed by atoms with van der Waals surface area (Å²) in [5, 5.41) is 5.13. The van der Waals surface area contributed by atoms with E-state index in [1.54, 1.807) is 0 Å². The number of para-hydroxylation sites is 1. The predicted molar refractivity (Wildman–Crippen MR) is 235 cm³/mol. The van der Waals surface area contributed by atoms with E-state index in [0.29, 0.717) is 0 Å². The summed E-state index contributed by atoms with van der Waals surface area (Å²) in [7, 11) is 0. The molecule has 8 aromatic carbocycles. The first-order valence-electron chi connectivity index (χ1n) is 17.6. The highest BCUT2D eigenvalue weighted by Crippen LogP contribution is 2.46. The van der Waals surface area contributed by atoms with Crippen molar-refractivity contribution in [2.45, 2.75) is 0 Å². The Morgan fingerprint density at radius 2 is 0.717 bits per heavy atom. The van der Waals surface area contributed by atoms with Crippen LogP contribution in [0.4, 0.5) is 34.1 Å². The zero-order chi connectivity index (χ0) is 35.3. The molecule has 0 aliphatic carbocycles. The molecule has 2 nitrogen and oxygen atoms in total. The SMILES string of the molecule is Brc1cc(N(c2ccccc2)c2ccc(-c3ccccc3)cc2)cc(N(c2ccc3sc4ccccc4c3c2)c2ccc3sc4ccccc4c3c2)c1. The Morgan fingerprint density at radius 1 is 0.302 bits per heavy atom. The van der Waals surface area contributed by atoms with Crippen molar-refractivity contribution < 1.29 is 0 Å². The van der Waals surface area contributed by atoms with Crippen LogP contribution in [0.2, 0.25) is 0 Å². The van der Waals surface area contributed by atoms with Crippen molar-refractivity contribution in [2.24, 2.45) is 0 Å². The van der Waals surface area contributed by atoms with Crippen LogP contribution >= 0.6 is 38.6 Å². The zero-order valence-corrected chi connectivity index (χ0v) is 31.7. The van der Waals surface area contributed by atoms with Gasteiger partial charge in [0.1, 0.15) is 0 Å². The summed E-state index contributed by atoms with van der Waals surface area (Å²) in [6, 6.07) is 68.1. The summed E-state index contributed by atoms with van der Waals surface area (Å²) >= 11 is 7.67. The van der Waals surface area contributed by atoms with Crippen LogP contribution in [0, 0.1) is 0 Å². The van der Waals surface area contributed by atoms with Crippen LogP contribution in [0.25, 0.3) is 51.5 Å². The van der Waals surface area contributed by atoms with Crippen LogP contribution in [0.1, 0.15) is 0 Å². The lowest BCUT2D eigenvalue weighted by atomic mass is 10.0. The molecule has 0 spiro atoms. The summed E-state index contributed by atoms with van der Waals surface area (Å²) < 4.78 is 6.19. The van der Waals surface area contributed by atoms with E-state index >= 15 is 0 Å². The first-order chi connectivity index (χ1) is 26.2. The average Bonchev–Trinajstić information content (AvgIpc) is 3.77. The third kappa shape index (κ3) is 5.87. The predicted octanol–water partition coefficient (Wildman–Crippen LogP) is 15.8. The van der Waals surface area contributed by atoms with E-state index in [2.05, 4.69) is 214 Å². The highest BCUT2D eigenvalue weighted by molar-refractivity contribution is 9.10. The zero-order valence-electron chi connectivity index (χ0n) is 28.5. The lowest BCUT2D eigenvalue weighted by molar-refractivity contribution is 1.25. The van der Waals surface area contributed by atoms with Crippen LogP contribution in [0.3, 0.4) is 0 Å². The number of rotatable bonds is 7. The molecule has 252 valence electrons. The maximum Gasteiger partial charge on any atom is 0.0493 e. The Balaban J connectivity index is 1.17. The second-order valence-electron chi connectivity index (χ2n) is 13.1. The minimum Gasteiger partial charge on any atom is -0.310 e. The molecule has 0 fully saturated rings. The molecule has 0 atom stereocenters.